The summed E-state index contributed by atoms with van der Waals surface area (Å²) in [6.45, 7) is 1.78. The van der Waals surface area contributed by atoms with Gasteiger partial charge in [-0.25, -0.2) is 0 Å². The van der Waals surface area contributed by atoms with Crippen LogP contribution in [0.3, 0.4) is 0 Å². The third-order valence-corrected chi connectivity index (χ3v) is 5.69. The van der Waals surface area contributed by atoms with E-state index < -0.39 is 0 Å². The van der Waals surface area contributed by atoms with Crippen LogP contribution in [-0.2, 0) is 4.79 Å². The lowest BCUT2D eigenvalue weighted by molar-refractivity contribution is -0.130. The van der Waals surface area contributed by atoms with E-state index in [1.807, 2.05) is 0 Å². The van der Waals surface area contributed by atoms with E-state index in [-0.39, 0.29) is 5.92 Å². The predicted octanol–water partition coefficient (Wildman–Crippen LogP) is 1.15. The van der Waals surface area contributed by atoms with E-state index >= 15 is 0 Å². The molecule has 0 unspecified atom stereocenters. The quantitative estimate of drug-likeness (QED) is 0.752. The Kier molecular flexibility index (Phi) is 2.26. The van der Waals surface area contributed by atoms with Gasteiger partial charge in [0, 0.05) is 19.1 Å². The van der Waals surface area contributed by atoms with Crippen molar-refractivity contribution in [3.05, 3.63) is 0 Å². The molecule has 3 heteroatoms. The summed E-state index contributed by atoms with van der Waals surface area (Å²) in [4.78, 5) is 12.1. The zero-order valence-electron chi connectivity index (χ0n) is 10.3. The molecule has 4 saturated carbocycles. The third-order valence-electron chi connectivity index (χ3n) is 5.69. The van der Waals surface area contributed by atoms with E-state index in [4.69, 9.17) is 0 Å². The SMILES string of the molecule is O=C(NC1C2CC3CC(C2)CC1C3)C1CNC1. The van der Waals surface area contributed by atoms with Crippen molar-refractivity contribution in [2.24, 2.45) is 29.6 Å². The van der Waals surface area contributed by atoms with Crippen molar-refractivity contribution >= 4 is 5.91 Å². The molecule has 1 aliphatic heterocycles. The van der Waals surface area contributed by atoms with Crippen LogP contribution in [0.15, 0.2) is 0 Å². The maximum Gasteiger partial charge on any atom is 0.225 e. The Morgan fingerprint density at radius 2 is 1.53 bits per heavy atom. The molecule has 5 rings (SSSR count). The molecular weight excluding hydrogens is 212 g/mol. The highest BCUT2D eigenvalue weighted by molar-refractivity contribution is 5.80. The lowest BCUT2D eigenvalue weighted by Crippen LogP contribution is -2.59. The van der Waals surface area contributed by atoms with Crippen molar-refractivity contribution in [2.75, 3.05) is 13.1 Å². The lowest BCUT2D eigenvalue weighted by atomic mass is 9.54. The minimum atomic E-state index is 0.257. The van der Waals surface area contributed by atoms with Gasteiger partial charge in [-0.05, 0) is 55.8 Å². The standard InChI is InChI=1S/C14H22N2O/c17-14(12-6-15-7-12)16-13-10-2-8-1-9(4-10)5-11(13)3-8/h8-13,15H,1-7H2,(H,16,17). The third kappa shape index (κ3) is 1.62. The van der Waals surface area contributed by atoms with E-state index in [1.54, 1.807) is 0 Å². The molecule has 94 valence electrons. The van der Waals surface area contributed by atoms with Crippen molar-refractivity contribution in [3.8, 4) is 0 Å². The van der Waals surface area contributed by atoms with Crippen molar-refractivity contribution in [3.63, 3.8) is 0 Å². The Morgan fingerprint density at radius 1 is 0.941 bits per heavy atom. The molecule has 0 aromatic heterocycles. The Morgan fingerprint density at radius 3 is 2.00 bits per heavy atom. The molecule has 3 nitrogen and oxygen atoms in total. The number of amides is 1. The molecule has 2 N–H and O–H groups in total. The zero-order valence-corrected chi connectivity index (χ0v) is 10.3. The van der Waals surface area contributed by atoms with Crippen molar-refractivity contribution in [2.45, 2.75) is 38.1 Å². The summed E-state index contributed by atoms with van der Waals surface area (Å²) < 4.78 is 0. The molecule has 4 aliphatic carbocycles. The smallest absolute Gasteiger partial charge is 0.225 e. The molecule has 0 radical (unpaired) electrons. The maximum atomic E-state index is 12.1. The minimum absolute atomic E-state index is 0.257. The molecule has 5 aliphatic rings. The van der Waals surface area contributed by atoms with Gasteiger partial charge < -0.3 is 10.6 Å². The summed E-state index contributed by atoms with van der Waals surface area (Å²) in [6.07, 6.45) is 7.05. The van der Waals surface area contributed by atoms with Crippen LogP contribution in [0.5, 0.6) is 0 Å². The minimum Gasteiger partial charge on any atom is -0.352 e. The van der Waals surface area contributed by atoms with Crippen LogP contribution in [0.25, 0.3) is 0 Å². The fraction of sp³-hybridized carbons (Fsp3) is 0.929. The van der Waals surface area contributed by atoms with Crippen LogP contribution in [-0.4, -0.2) is 25.0 Å². The monoisotopic (exact) mass is 234 g/mol. The average molecular weight is 234 g/mol. The molecule has 4 bridgehead atoms. The Hall–Kier alpha value is -0.570. The average Bonchev–Trinajstić information content (AvgIpc) is 2.19. The van der Waals surface area contributed by atoms with Gasteiger partial charge in [0.1, 0.15) is 0 Å². The highest BCUT2D eigenvalue weighted by Crippen LogP contribution is 2.53. The normalized spacial score (nSPS) is 47.9. The van der Waals surface area contributed by atoms with Gasteiger partial charge in [0.2, 0.25) is 5.91 Å². The fourth-order valence-electron chi connectivity index (χ4n) is 4.92. The Labute approximate surface area is 103 Å². The van der Waals surface area contributed by atoms with Crippen LogP contribution < -0.4 is 10.6 Å². The topological polar surface area (TPSA) is 41.1 Å². The second kappa shape index (κ2) is 3.71. The lowest BCUT2D eigenvalue weighted by Gasteiger charge is -2.54. The van der Waals surface area contributed by atoms with E-state index in [9.17, 15) is 4.79 Å². The molecule has 1 saturated heterocycles. The number of carbonyl (C=O) groups is 1. The van der Waals surface area contributed by atoms with Gasteiger partial charge in [-0.2, -0.15) is 0 Å². The van der Waals surface area contributed by atoms with Gasteiger partial charge in [-0.3, -0.25) is 4.79 Å². The van der Waals surface area contributed by atoms with E-state index in [2.05, 4.69) is 10.6 Å². The summed E-state index contributed by atoms with van der Waals surface area (Å²) >= 11 is 0. The summed E-state index contributed by atoms with van der Waals surface area (Å²) in [5.41, 5.74) is 0. The first-order chi connectivity index (χ1) is 8.29. The van der Waals surface area contributed by atoms with Crippen molar-refractivity contribution in [1.82, 2.24) is 10.6 Å². The number of hydrogen-bond donors (Lipinski definition) is 2. The Bertz CT molecular complexity index is 309. The summed E-state index contributed by atoms with van der Waals surface area (Å²) in [5.74, 6) is 4.19. The molecule has 1 amide bonds. The summed E-state index contributed by atoms with van der Waals surface area (Å²) in [6, 6.07) is 0.524. The number of hydrogen-bond acceptors (Lipinski definition) is 2. The van der Waals surface area contributed by atoms with E-state index in [1.165, 1.54) is 32.1 Å². The van der Waals surface area contributed by atoms with Crippen LogP contribution in [0.4, 0.5) is 0 Å². The highest BCUT2D eigenvalue weighted by Gasteiger charge is 2.49. The predicted molar refractivity (Wildman–Crippen MR) is 65.3 cm³/mol. The first-order valence-electron chi connectivity index (χ1n) is 7.30. The summed E-state index contributed by atoms with van der Waals surface area (Å²) in [5, 5.41) is 6.57. The highest BCUT2D eigenvalue weighted by atomic mass is 16.2. The molecule has 0 atom stereocenters. The second-order valence-electron chi connectivity index (χ2n) is 6.82. The van der Waals surface area contributed by atoms with E-state index in [0.717, 1.165) is 36.8 Å². The maximum absolute atomic E-state index is 12.1. The molecule has 0 aromatic rings. The molecule has 5 fully saturated rings. The fourth-order valence-corrected chi connectivity index (χ4v) is 4.92. The summed E-state index contributed by atoms with van der Waals surface area (Å²) in [7, 11) is 0. The van der Waals surface area contributed by atoms with Gasteiger partial charge in [0.05, 0.1) is 5.92 Å². The molecular formula is C14H22N2O. The second-order valence-corrected chi connectivity index (χ2v) is 6.82. The Balaban J connectivity index is 1.45. The van der Waals surface area contributed by atoms with Crippen LogP contribution >= 0.6 is 0 Å². The van der Waals surface area contributed by atoms with Crippen LogP contribution in [0.1, 0.15) is 32.1 Å². The molecule has 0 spiro atoms. The van der Waals surface area contributed by atoms with Crippen LogP contribution in [0, 0.1) is 29.6 Å². The molecule has 0 aromatic carbocycles. The van der Waals surface area contributed by atoms with Gasteiger partial charge in [0.25, 0.3) is 0 Å². The zero-order chi connectivity index (χ0) is 11.4. The van der Waals surface area contributed by atoms with E-state index in [0.29, 0.717) is 11.9 Å². The first-order valence-corrected chi connectivity index (χ1v) is 7.30. The van der Waals surface area contributed by atoms with Crippen molar-refractivity contribution < 1.29 is 4.79 Å². The molecule has 17 heavy (non-hydrogen) atoms. The van der Waals surface area contributed by atoms with Crippen LogP contribution in [0.2, 0.25) is 0 Å². The number of nitrogens with one attached hydrogen (secondary N) is 2. The number of carbonyl (C=O) groups excluding carboxylic acids is 1. The largest absolute Gasteiger partial charge is 0.352 e. The van der Waals surface area contributed by atoms with Gasteiger partial charge >= 0.3 is 0 Å². The van der Waals surface area contributed by atoms with Gasteiger partial charge in [-0.1, -0.05) is 0 Å². The number of rotatable bonds is 2. The van der Waals surface area contributed by atoms with Crippen molar-refractivity contribution in [1.29, 1.82) is 0 Å². The first kappa shape index (κ1) is 10.4. The van der Waals surface area contributed by atoms with Gasteiger partial charge in [-0.15, -0.1) is 0 Å². The van der Waals surface area contributed by atoms with Gasteiger partial charge in [0.15, 0.2) is 0 Å². The molecule has 1 heterocycles.